The van der Waals surface area contributed by atoms with Gasteiger partial charge < -0.3 is 21.3 Å². The first-order valence-corrected chi connectivity index (χ1v) is 7.15. The monoisotopic (exact) mass is 256 g/mol. The van der Waals surface area contributed by atoms with Gasteiger partial charge in [-0.25, -0.2) is 0 Å². The van der Waals surface area contributed by atoms with Gasteiger partial charge in [-0.3, -0.25) is 4.79 Å². The van der Waals surface area contributed by atoms with Crippen molar-refractivity contribution in [2.75, 3.05) is 45.8 Å². The van der Waals surface area contributed by atoms with E-state index in [1.54, 1.807) is 0 Å². The van der Waals surface area contributed by atoms with Gasteiger partial charge in [0, 0.05) is 32.6 Å². The van der Waals surface area contributed by atoms with E-state index in [1.807, 2.05) is 0 Å². The predicted molar refractivity (Wildman–Crippen MR) is 74.2 cm³/mol. The molecule has 1 rings (SSSR count). The van der Waals surface area contributed by atoms with Crippen molar-refractivity contribution in [1.82, 2.24) is 9.80 Å². The number of rotatable bonds is 9. The summed E-state index contributed by atoms with van der Waals surface area (Å²) >= 11 is 0. The molecule has 5 heteroatoms. The molecule has 0 radical (unpaired) electrons. The number of hydrogen-bond acceptors (Lipinski definition) is 4. The molecule has 0 aromatic heterocycles. The van der Waals surface area contributed by atoms with E-state index in [0.717, 1.165) is 45.4 Å². The zero-order valence-corrected chi connectivity index (χ0v) is 11.4. The molecule has 0 atom stereocenters. The molecule has 1 aliphatic rings. The molecule has 1 amide bonds. The molecule has 4 N–H and O–H groups in total. The molecule has 1 saturated heterocycles. The quantitative estimate of drug-likeness (QED) is 0.569. The summed E-state index contributed by atoms with van der Waals surface area (Å²) in [5.74, 6) is -0.181. The SMILES string of the molecule is NCCCCN1CCN(CCCCC(N)=O)CC1. The number of piperazine rings is 1. The molecule has 0 aliphatic carbocycles. The standard InChI is InChI=1S/C13H28N4O/c14-6-2-4-8-17-11-9-16(10-12-17)7-3-1-5-13(15)18/h1-12,14H2,(H2,15,18). The highest BCUT2D eigenvalue weighted by atomic mass is 16.1. The molecule has 5 nitrogen and oxygen atoms in total. The van der Waals surface area contributed by atoms with Crippen LogP contribution in [0.3, 0.4) is 0 Å². The zero-order valence-electron chi connectivity index (χ0n) is 11.4. The van der Waals surface area contributed by atoms with Crippen molar-refractivity contribution in [3.8, 4) is 0 Å². The summed E-state index contributed by atoms with van der Waals surface area (Å²) in [6.45, 7) is 7.73. The predicted octanol–water partition coefficient (Wildman–Crippen LogP) is -0.00150. The average Bonchev–Trinajstić information content (AvgIpc) is 2.36. The lowest BCUT2D eigenvalue weighted by molar-refractivity contribution is -0.118. The summed E-state index contributed by atoms with van der Waals surface area (Å²) in [7, 11) is 0. The maximum absolute atomic E-state index is 10.6. The average molecular weight is 256 g/mol. The van der Waals surface area contributed by atoms with Gasteiger partial charge in [-0.1, -0.05) is 0 Å². The number of amides is 1. The third-order valence-electron chi connectivity index (χ3n) is 3.54. The minimum atomic E-state index is -0.181. The topological polar surface area (TPSA) is 75.6 Å². The number of carbonyl (C=O) groups is 1. The van der Waals surface area contributed by atoms with E-state index >= 15 is 0 Å². The van der Waals surface area contributed by atoms with Crippen LogP contribution in [0.5, 0.6) is 0 Å². The van der Waals surface area contributed by atoms with E-state index in [-0.39, 0.29) is 5.91 Å². The molecule has 1 fully saturated rings. The maximum Gasteiger partial charge on any atom is 0.217 e. The first-order valence-electron chi connectivity index (χ1n) is 7.15. The van der Waals surface area contributed by atoms with Crippen molar-refractivity contribution >= 4 is 5.91 Å². The lowest BCUT2D eigenvalue weighted by Crippen LogP contribution is -2.46. The first-order chi connectivity index (χ1) is 8.72. The fourth-order valence-corrected chi connectivity index (χ4v) is 2.35. The van der Waals surface area contributed by atoms with Gasteiger partial charge in [0.05, 0.1) is 0 Å². The van der Waals surface area contributed by atoms with Gasteiger partial charge in [-0.2, -0.15) is 0 Å². The molecule has 0 aromatic rings. The van der Waals surface area contributed by atoms with Gasteiger partial charge in [0.15, 0.2) is 0 Å². The molecule has 0 bridgehead atoms. The van der Waals surface area contributed by atoms with Gasteiger partial charge in [0.25, 0.3) is 0 Å². The molecule has 106 valence electrons. The highest BCUT2D eigenvalue weighted by Gasteiger charge is 2.15. The third-order valence-corrected chi connectivity index (χ3v) is 3.54. The molecule has 0 unspecified atom stereocenters. The fraction of sp³-hybridized carbons (Fsp3) is 0.923. The summed E-state index contributed by atoms with van der Waals surface area (Å²) in [4.78, 5) is 15.6. The van der Waals surface area contributed by atoms with Crippen LogP contribution in [0.1, 0.15) is 32.1 Å². The van der Waals surface area contributed by atoms with Crippen LogP contribution in [0, 0.1) is 0 Å². The second-order valence-corrected chi connectivity index (χ2v) is 5.10. The number of unbranched alkanes of at least 4 members (excludes halogenated alkanes) is 2. The molecule has 1 aliphatic heterocycles. The number of nitrogens with two attached hydrogens (primary N) is 2. The van der Waals surface area contributed by atoms with E-state index in [4.69, 9.17) is 11.5 Å². The number of primary amides is 1. The van der Waals surface area contributed by atoms with E-state index in [0.29, 0.717) is 6.42 Å². The van der Waals surface area contributed by atoms with Gasteiger partial charge in [0.2, 0.25) is 5.91 Å². The van der Waals surface area contributed by atoms with E-state index in [9.17, 15) is 4.79 Å². The second kappa shape index (κ2) is 9.30. The Hall–Kier alpha value is -0.650. The Balaban J connectivity index is 1.99. The molecule has 0 saturated carbocycles. The normalized spacial score (nSPS) is 18.1. The van der Waals surface area contributed by atoms with Crippen molar-refractivity contribution in [2.24, 2.45) is 11.5 Å². The highest BCUT2D eigenvalue weighted by molar-refractivity contribution is 5.73. The van der Waals surface area contributed by atoms with Crippen LogP contribution in [0.25, 0.3) is 0 Å². The molecule has 0 spiro atoms. The van der Waals surface area contributed by atoms with Crippen LogP contribution in [-0.2, 0) is 4.79 Å². The lowest BCUT2D eigenvalue weighted by atomic mass is 10.2. The first kappa shape index (κ1) is 15.4. The van der Waals surface area contributed by atoms with E-state index in [2.05, 4.69) is 9.80 Å². The summed E-state index contributed by atoms with van der Waals surface area (Å²) in [5.41, 5.74) is 10.6. The van der Waals surface area contributed by atoms with Crippen LogP contribution in [0.15, 0.2) is 0 Å². The Labute approximate surface area is 110 Å². The highest BCUT2D eigenvalue weighted by Crippen LogP contribution is 2.05. The maximum atomic E-state index is 10.6. The third kappa shape index (κ3) is 6.93. The largest absolute Gasteiger partial charge is 0.370 e. The van der Waals surface area contributed by atoms with Crippen molar-refractivity contribution in [3.63, 3.8) is 0 Å². The number of carbonyl (C=O) groups excluding carboxylic acids is 1. The summed E-state index contributed by atoms with van der Waals surface area (Å²) in [5, 5.41) is 0. The Kier molecular flexibility index (Phi) is 7.96. The van der Waals surface area contributed by atoms with Crippen LogP contribution in [-0.4, -0.2) is 61.5 Å². The molecule has 1 heterocycles. The zero-order chi connectivity index (χ0) is 13.2. The Morgan fingerprint density at radius 2 is 1.39 bits per heavy atom. The van der Waals surface area contributed by atoms with Gasteiger partial charge in [-0.15, -0.1) is 0 Å². The van der Waals surface area contributed by atoms with Crippen molar-refractivity contribution in [1.29, 1.82) is 0 Å². The summed E-state index contributed by atoms with van der Waals surface area (Å²) in [6, 6.07) is 0. The Bertz CT molecular complexity index is 227. The van der Waals surface area contributed by atoms with Gasteiger partial charge in [-0.05, 0) is 45.3 Å². The fourth-order valence-electron chi connectivity index (χ4n) is 2.35. The lowest BCUT2D eigenvalue weighted by Gasteiger charge is -2.34. The van der Waals surface area contributed by atoms with Crippen molar-refractivity contribution < 1.29 is 4.79 Å². The molecular formula is C13H28N4O. The van der Waals surface area contributed by atoms with Gasteiger partial charge in [0.1, 0.15) is 0 Å². The summed E-state index contributed by atoms with van der Waals surface area (Å²) in [6.07, 6.45) is 4.88. The Morgan fingerprint density at radius 1 is 0.889 bits per heavy atom. The van der Waals surface area contributed by atoms with Crippen molar-refractivity contribution in [3.05, 3.63) is 0 Å². The number of hydrogen-bond donors (Lipinski definition) is 2. The van der Waals surface area contributed by atoms with E-state index < -0.39 is 0 Å². The van der Waals surface area contributed by atoms with Crippen LogP contribution in [0.4, 0.5) is 0 Å². The second-order valence-electron chi connectivity index (χ2n) is 5.10. The number of nitrogens with zero attached hydrogens (tertiary/aromatic N) is 2. The van der Waals surface area contributed by atoms with E-state index in [1.165, 1.54) is 26.1 Å². The molecule has 18 heavy (non-hydrogen) atoms. The minimum absolute atomic E-state index is 0.181. The van der Waals surface area contributed by atoms with Crippen LogP contribution in [0.2, 0.25) is 0 Å². The molecular weight excluding hydrogens is 228 g/mol. The minimum Gasteiger partial charge on any atom is -0.370 e. The van der Waals surface area contributed by atoms with Crippen molar-refractivity contribution in [2.45, 2.75) is 32.1 Å². The smallest absolute Gasteiger partial charge is 0.217 e. The molecule has 0 aromatic carbocycles. The Morgan fingerprint density at radius 3 is 1.83 bits per heavy atom. The van der Waals surface area contributed by atoms with Crippen LogP contribution < -0.4 is 11.5 Å². The van der Waals surface area contributed by atoms with Crippen LogP contribution >= 0.6 is 0 Å². The summed E-state index contributed by atoms with van der Waals surface area (Å²) < 4.78 is 0. The van der Waals surface area contributed by atoms with Gasteiger partial charge >= 0.3 is 0 Å².